The minimum atomic E-state index is -0.461. The van der Waals surface area contributed by atoms with Gasteiger partial charge in [-0.3, -0.25) is 9.59 Å². The van der Waals surface area contributed by atoms with Crippen molar-refractivity contribution < 1.29 is 13.7 Å². The monoisotopic (exact) mass is 469 g/mol. The molecule has 0 unspecified atom stereocenters. The summed E-state index contributed by atoms with van der Waals surface area (Å²) in [4.78, 5) is 34.9. The molecule has 0 aliphatic carbocycles. The highest BCUT2D eigenvalue weighted by Gasteiger charge is 2.19. The SMILES string of the molecule is Cc1ccc(-c2noc(-c3cn(CC(=O)Nc4cccc(F)c4)c4nc(C)ccc4c3=O)n2)cc1. The molecule has 0 fully saturated rings. The highest BCUT2D eigenvalue weighted by Crippen LogP contribution is 2.23. The largest absolute Gasteiger partial charge is 0.333 e. The molecule has 2 aromatic carbocycles. The number of hydrogen-bond donors (Lipinski definition) is 1. The summed E-state index contributed by atoms with van der Waals surface area (Å²) in [5, 5.41) is 6.98. The first kappa shape index (κ1) is 22.1. The van der Waals surface area contributed by atoms with Gasteiger partial charge >= 0.3 is 0 Å². The number of pyridine rings is 2. The van der Waals surface area contributed by atoms with Crippen molar-refractivity contribution in [2.45, 2.75) is 20.4 Å². The van der Waals surface area contributed by atoms with Crippen molar-refractivity contribution >= 4 is 22.6 Å². The van der Waals surface area contributed by atoms with Crippen molar-refractivity contribution in [1.82, 2.24) is 19.7 Å². The van der Waals surface area contributed by atoms with E-state index in [0.29, 0.717) is 28.2 Å². The van der Waals surface area contributed by atoms with Crippen LogP contribution in [0.2, 0.25) is 0 Å². The van der Waals surface area contributed by atoms with Crippen molar-refractivity contribution in [3.05, 3.63) is 94.2 Å². The van der Waals surface area contributed by atoms with E-state index in [1.807, 2.05) is 31.2 Å². The van der Waals surface area contributed by atoms with Crippen LogP contribution in [-0.2, 0) is 11.3 Å². The fourth-order valence-corrected chi connectivity index (χ4v) is 3.71. The summed E-state index contributed by atoms with van der Waals surface area (Å²) in [7, 11) is 0. The average molecular weight is 469 g/mol. The van der Waals surface area contributed by atoms with Gasteiger partial charge in [-0.2, -0.15) is 4.98 Å². The molecule has 3 aromatic heterocycles. The van der Waals surface area contributed by atoms with Crippen LogP contribution in [0, 0.1) is 19.7 Å². The van der Waals surface area contributed by atoms with Crippen LogP contribution < -0.4 is 10.7 Å². The summed E-state index contributed by atoms with van der Waals surface area (Å²) in [5.74, 6) is -0.498. The van der Waals surface area contributed by atoms with Gasteiger partial charge in [-0.05, 0) is 44.2 Å². The van der Waals surface area contributed by atoms with E-state index in [2.05, 4.69) is 20.4 Å². The van der Waals surface area contributed by atoms with Crippen molar-refractivity contribution in [3.63, 3.8) is 0 Å². The normalized spacial score (nSPS) is 11.1. The summed E-state index contributed by atoms with van der Waals surface area (Å²) >= 11 is 0. The summed E-state index contributed by atoms with van der Waals surface area (Å²) in [6.07, 6.45) is 1.48. The minimum absolute atomic E-state index is 0.0346. The van der Waals surface area contributed by atoms with Gasteiger partial charge in [-0.25, -0.2) is 9.37 Å². The predicted molar refractivity (Wildman–Crippen MR) is 129 cm³/mol. The summed E-state index contributed by atoms with van der Waals surface area (Å²) < 4.78 is 20.5. The predicted octanol–water partition coefficient (Wildman–Crippen LogP) is 4.51. The van der Waals surface area contributed by atoms with Gasteiger partial charge < -0.3 is 14.4 Å². The lowest BCUT2D eigenvalue weighted by Gasteiger charge is -2.12. The first-order chi connectivity index (χ1) is 16.9. The lowest BCUT2D eigenvalue weighted by molar-refractivity contribution is -0.116. The molecule has 0 aliphatic heterocycles. The Balaban J connectivity index is 1.55. The summed E-state index contributed by atoms with van der Waals surface area (Å²) in [5.41, 5.74) is 2.99. The molecule has 35 heavy (non-hydrogen) atoms. The number of amides is 1. The van der Waals surface area contributed by atoms with Gasteiger partial charge in [0.2, 0.25) is 17.2 Å². The molecule has 1 amide bonds. The number of carbonyl (C=O) groups is 1. The van der Waals surface area contributed by atoms with Crippen molar-refractivity contribution in [3.8, 4) is 22.8 Å². The zero-order valence-corrected chi connectivity index (χ0v) is 18.9. The Morgan fingerprint density at radius 3 is 2.63 bits per heavy atom. The highest BCUT2D eigenvalue weighted by molar-refractivity contribution is 5.91. The topological polar surface area (TPSA) is 103 Å². The van der Waals surface area contributed by atoms with E-state index in [1.165, 1.54) is 24.4 Å². The Bertz CT molecular complexity index is 1620. The van der Waals surface area contributed by atoms with Gasteiger partial charge in [0.15, 0.2) is 0 Å². The molecule has 0 saturated heterocycles. The maximum Gasteiger partial charge on any atom is 0.263 e. The van der Waals surface area contributed by atoms with Gasteiger partial charge in [0.05, 0.1) is 5.39 Å². The highest BCUT2D eigenvalue weighted by atomic mass is 19.1. The Labute approximate surface area is 199 Å². The van der Waals surface area contributed by atoms with Gasteiger partial charge in [0.1, 0.15) is 23.6 Å². The van der Waals surface area contributed by atoms with Crippen molar-refractivity contribution in [1.29, 1.82) is 0 Å². The van der Waals surface area contributed by atoms with Crippen LogP contribution in [0.5, 0.6) is 0 Å². The maximum absolute atomic E-state index is 13.5. The average Bonchev–Trinajstić information content (AvgIpc) is 3.31. The van der Waals surface area contributed by atoms with E-state index in [-0.39, 0.29) is 23.4 Å². The van der Waals surface area contributed by atoms with Crippen molar-refractivity contribution in [2.24, 2.45) is 0 Å². The van der Waals surface area contributed by atoms with Crippen LogP contribution in [0.25, 0.3) is 33.9 Å². The number of fused-ring (bicyclic) bond motifs is 1. The fourth-order valence-electron chi connectivity index (χ4n) is 3.71. The van der Waals surface area contributed by atoms with Gasteiger partial charge in [0.25, 0.3) is 5.89 Å². The summed E-state index contributed by atoms with van der Waals surface area (Å²) in [6, 6.07) is 16.6. The Kier molecular flexibility index (Phi) is 5.66. The number of nitrogens with zero attached hydrogens (tertiary/aromatic N) is 4. The Morgan fingerprint density at radius 1 is 1.06 bits per heavy atom. The van der Waals surface area contributed by atoms with E-state index < -0.39 is 11.7 Å². The molecule has 174 valence electrons. The molecule has 0 aliphatic rings. The molecule has 1 N–H and O–H groups in total. The molecular formula is C26H20FN5O3. The third-order valence-electron chi connectivity index (χ3n) is 5.45. The van der Waals surface area contributed by atoms with Crippen LogP contribution in [0.4, 0.5) is 10.1 Å². The zero-order chi connectivity index (χ0) is 24.5. The van der Waals surface area contributed by atoms with E-state index >= 15 is 0 Å². The molecular weight excluding hydrogens is 449 g/mol. The van der Waals surface area contributed by atoms with Crippen LogP contribution >= 0.6 is 0 Å². The number of rotatable bonds is 5. The standard InChI is InChI=1S/C26H20FN5O3/c1-15-6-9-17(10-7-15)24-30-26(35-31-24)21-13-32(25-20(23(21)34)11-8-16(2)28-25)14-22(33)29-19-5-3-4-18(27)12-19/h3-13H,14H2,1-2H3,(H,29,33). The van der Waals surface area contributed by atoms with Crippen LogP contribution in [0.1, 0.15) is 11.3 Å². The maximum atomic E-state index is 13.5. The lowest BCUT2D eigenvalue weighted by atomic mass is 10.1. The molecule has 0 spiro atoms. The smallest absolute Gasteiger partial charge is 0.263 e. The van der Waals surface area contributed by atoms with E-state index in [0.717, 1.165) is 11.1 Å². The molecule has 0 radical (unpaired) electrons. The first-order valence-corrected chi connectivity index (χ1v) is 10.8. The van der Waals surface area contributed by atoms with Gasteiger partial charge in [-0.1, -0.05) is 41.1 Å². The number of hydrogen-bond acceptors (Lipinski definition) is 6. The number of carbonyl (C=O) groups excluding carboxylic acids is 1. The molecule has 9 heteroatoms. The van der Waals surface area contributed by atoms with Crippen LogP contribution in [0.3, 0.4) is 0 Å². The molecule has 8 nitrogen and oxygen atoms in total. The number of anilines is 1. The molecule has 0 atom stereocenters. The molecule has 0 saturated carbocycles. The number of nitrogens with one attached hydrogen (secondary N) is 1. The third kappa shape index (κ3) is 4.56. The molecule has 5 aromatic rings. The Hall–Kier alpha value is -4.66. The molecule has 0 bridgehead atoms. The quantitative estimate of drug-likeness (QED) is 0.406. The van der Waals surface area contributed by atoms with Crippen molar-refractivity contribution in [2.75, 3.05) is 5.32 Å². The minimum Gasteiger partial charge on any atom is -0.333 e. The summed E-state index contributed by atoms with van der Waals surface area (Å²) in [6.45, 7) is 3.60. The second kappa shape index (κ2) is 8.94. The third-order valence-corrected chi connectivity index (χ3v) is 5.45. The van der Waals surface area contributed by atoms with E-state index in [1.54, 1.807) is 29.7 Å². The lowest BCUT2D eigenvalue weighted by Crippen LogP contribution is -2.22. The van der Waals surface area contributed by atoms with Gasteiger partial charge in [0, 0.05) is 23.1 Å². The second-order valence-corrected chi connectivity index (χ2v) is 8.17. The zero-order valence-electron chi connectivity index (χ0n) is 18.9. The van der Waals surface area contributed by atoms with E-state index in [9.17, 15) is 14.0 Å². The van der Waals surface area contributed by atoms with Gasteiger partial charge in [-0.15, -0.1) is 0 Å². The van der Waals surface area contributed by atoms with Crippen LogP contribution in [0.15, 0.2) is 76.2 Å². The number of halogens is 1. The first-order valence-electron chi connectivity index (χ1n) is 10.8. The number of benzene rings is 2. The number of aromatic nitrogens is 4. The fraction of sp³-hybridized carbons (Fsp3) is 0.115. The number of aryl methyl sites for hydroxylation is 2. The van der Waals surface area contributed by atoms with E-state index in [4.69, 9.17) is 4.52 Å². The van der Waals surface area contributed by atoms with Crippen LogP contribution in [-0.4, -0.2) is 25.6 Å². The Morgan fingerprint density at radius 2 is 1.86 bits per heavy atom. The molecule has 5 rings (SSSR count). The molecule has 3 heterocycles. The second-order valence-electron chi connectivity index (χ2n) is 8.17.